The van der Waals surface area contributed by atoms with Crippen LogP contribution in [-0.2, 0) is 11.2 Å². The van der Waals surface area contributed by atoms with Gasteiger partial charge in [0.05, 0.1) is 7.11 Å². The Morgan fingerprint density at radius 2 is 1.86 bits per heavy atom. The summed E-state index contributed by atoms with van der Waals surface area (Å²) in [6.07, 6.45) is 5.72. The van der Waals surface area contributed by atoms with Gasteiger partial charge in [-0.3, -0.25) is 4.79 Å². The first-order valence-corrected chi connectivity index (χ1v) is 7.78. The molecule has 2 unspecified atom stereocenters. The highest BCUT2D eigenvalue weighted by molar-refractivity contribution is 5.78. The van der Waals surface area contributed by atoms with Crippen LogP contribution in [0.25, 0.3) is 0 Å². The molecule has 0 N–H and O–H groups in total. The van der Waals surface area contributed by atoms with Crippen LogP contribution in [0.4, 0.5) is 0 Å². The number of rotatable bonds is 4. The Labute approximate surface area is 126 Å². The summed E-state index contributed by atoms with van der Waals surface area (Å²) in [5.41, 5.74) is 2.51. The van der Waals surface area contributed by atoms with Crippen LogP contribution in [0.1, 0.15) is 37.7 Å². The fourth-order valence-electron chi connectivity index (χ4n) is 3.69. The number of amides is 1. The third kappa shape index (κ3) is 2.97. The van der Waals surface area contributed by atoms with Crippen LogP contribution in [0.5, 0.6) is 5.75 Å². The minimum atomic E-state index is 0.311. The molecule has 0 radical (unpaired) electrons. The molecular weight excluding hydrogens is 262 g/mol. The first-order chi connectivity index (χ1) is 10.2. The van der Waals surface area contributed by atoms with Crippen LogP contribution in [0, 0.1) is 0 Å². The summed E-state index contributed by atoms with van der Waals surface area (Å²) in [5, 5.41) is 0. The van der Waals surface area contributed by atoms with Crippen molar-refractivity contribution in [1.82, 2.24) is 4.90 Å². The van der Waals surface area contributed by atoms with E-state index in [1.165, 1.54) is 11.1 Å². The van der Waals surface area contributed by atoms with Gasteiger partial charge in [0.1, 0.15) is 5.75 Å². The molecule has 112 valence electrons. The zero-order chi connectivity index (χ0) is 14.8. The smallest absolute Gasteiger partial charge is 0.223 e. The molecule has 2 saturated heterocycles. The number of piperidine rings is 1. The molecule has 21 heavy (non-hydrogen) atoms. The molecule has 1 aromatic carbocycles. The van der Waals surface area contributed by atoms with Crippen LogP contribution in [0.3, 0.4) is 0 Å². The maximum atomic E-state index is 12.5. The van der Waals surface area contributed by atoms with E-state index in [1.807, 2.05) is 24.3 Å². The van der Waals surface area contributed by atoms with Gasteiger partial charge in [-0.25, -0.2) is 0 Å². The van der Waals surface area contributed by atoms with Crippen molar-refractivity contribution >= 4 is 5.91 Å². The van der Waals surface area contributed by atoms with Gasteiger partial charge in [-0.2, -0.15) is 0 Å². The number of carbonyl (C=O) groups is 1. The summed E-state index contributed by atoms with van der Waals surface area (Å²) in [5.74, 6) is 1.17. The Kier molecular flexibility index (Phi) is 4.00. The van der Waals surface area contributed by atoms with Crippen LogP contribution < -0.4 is 4.74 Å². The van der Waals surface area contributed by atoms with Gasteiger partial charge in [-0.15, -0.1) is 0 Å². The van der Waals surface area contributed by atoms with Crippen molar-refractivity contribution in [3.8, 4) is 5.75 Å². The van der Waals surface area contributed by atoms with Gasteiger partial charge < -0.3 is 9.64 Å². The minimum absolute atomic E-state index is 0.311. The number of ether oxygens (including phenoxy) is 1. The zero-order valence-corrected chi connectivity index (χ0v) is 12.7. The molecule has 0 saturated carbocycles. The molecule has 2 bridgehead atoms. The van der Waals surface area contributed by atoms with Crippen LogP contribution in [0.2, 0.25) is 0 Å². The lowest BCUT2D eigenvalue weighted by Gasteiger charge is -2.36. The van der Waals surface area contributed by atoms with Gasteiger partial charge in [0, 0.05) is 18.5 Å². The summed E-state index contributed by atoms with van der Waals surface area (Å²) in [6, 6.07) is 8.82. The molecule has 3 nitrogen and oxygen atoms in total. The van der Waals surface area contributed by atoms with E-state index < -0.39 is 0 Å². The molecule has 0 aliphatic carbocycles. The molecule has 2 fully saturated rings. The van der Waals surface area contributed by atoms with Crippen LogP contribution in [-0.4, -0.2) is 30.0 Å². The maximum Gasteiger partial charge on any atom is 0.223 e. The first kappa shape index (κ1) is 14.2. The van der Waals surface area contributed by atoms with Gasteiger partial charge in [-0.05, 0) is 49.8 Å². The lowest BCUT2D eigenvalue weighted by molar-refractivity contribution is -0.134. The van der Waals surface area contributed by atoms with E-state index in [4.69, 9.17) is 4.74 Å². The van der Waals surface area contributed by atoms with Gasteiger partial charge in [0.25, 0.3) is 0 Å². The average molecular weight is 285 g/mol. The van der Waals surface area contributed by atoms with Gasteiger partial charge in [0.2, 0.25) is 5.91 Å². The predicted octanol–water partition coefficient (Wildman–Crippen LogP) is 3.34. The van der Waals surface area contributed by atoms with Crippen LogP contribution in [0.15, 0.2) is 36.4 Å². The van der Waals surface area contributed by atoms with E-state index in [9.17, 15) is 4.79 Å². The Bertz CT molecular complexity index is 519. The molecule has 1 aromatic rings. The predicted molar refractivity (Wildman–Crippen MR) is 83.3 cm³/mol. The van der Waals surface area contributed by atoms with E-state index in [1.54, 1.807) is 7.11 Å². The highest BCUT2D eigenvalue weighted by atomic mass is 16.5. The Morgan fingerprint density at radius 3 is 2.43 bits per heavy atom. The second kappa shape index (κ2) is 5.92. The summed E-state index contributed by atoms with van der Waals surface area (Å²) >= 11 is 0. The topological polar surface area (TPSA) is 29.5 Å². The monoisotopic (exact) mass is 285 g/mol. The number of benzene rings is 1. The third-order valence-electron chi connectivity index (χ3n) is 4.74. The van der Waals surface area contributed by atoms with E-state index in [-0.39, 0.29) is 0 Å². The van der Waals surface area contributed by atoms with Gasteiger partial charge in [-0.1, -0.05) is 24.3 Å². The molecule has 3 heteroatoms. The number of carbonyl (C=O) groups excluding carboxylic acids is 1. The number of fused-ring (bicyclic) bond motifs is 2. The standard InChI is InChI=1S/C18H23NO2/c1-13-11-15-6-7-16(12-13)19(15)18(20)10-5-14-3-8-17(21-2)9-4-14/h3-4,8-9,15-16H,1,5-7,10-12H2,2H3. The third-order valence-corrected chi connectivity index (χ3v) is 4.74. The largest absolute Gasteiger partial charge is 0.497 e. The number of nitrogens with zero attached hydrogens (tertiary/aromatic N) is 1. The van der Waals surface area contributed by atoms with Crippen molar-refractivity contribution in [2.24, 2.45) is 0 Å². The molecule has 3 rings (SSSR count). The number of methoxy groups -OCH3 is 1. The molecular formula is C18H23NO2. The summed E-state index contributed by atoms with van der Waals surface area (Å²) < 4.78 is 5.15. The minimum Gasteiger partial charge on any atom is -0.497 e. The SMILES string of the molecule is C=C1CC2CCC(C1)N2C(=O)CCc1ccc(OC)cc1. The Balaban J connectivity index is 1.58. The maximum absolute atomic E-state index is 12.5. The lowest BCUT2D eigenvalue weighted by Crippen LogP contribution is -2.44. The van der Waals surface area contributed by atoms with E-state index in [2.05, 4.69) is 11.5 Å². The first-order valence-electron chi connectivity index (χ1n) is 7.78. The second-order valence-corrected chi connectivity index (χ2v) is 6.19. The highest BCUT2D eigenvalue weighted by Gasteiger charge is 2.40. The van der Waals surface area contributed by atoms with Gasteiger partial charge >= 0.3 is 0 Å². The molecule has 2 atom stereocenters. The van der Waals surface area contributed by atoms with E-state index in [0.29, 0.717) is 24.4 Å². The van der Waals surface area contributed by atoms with Crippen molar-refractivity contribution in [2.45, 2.75) is 50.6 Å². The summed E-state index contributed by atoms with van der Waals surface area (Å²) in [6.45, 7) is 4.11. The fraction of sp³-hybridized carbons (Fsp3) is 0.500. The number of hydrogen-bond donors (Lipinski definition) is 0. The van der Waals surface area contributed by atoms with E-state index >= 15 is 0 Å². The van der Waals surface area contributed by atoms with Gasteiger partial charge in [0.15, 0.2) is 0 Å². The molecule has 2 heterocycles. The van der Waals surface area contributed by atoms with Crippen molar-refractivity contribution in [3.05, 3.63) is 42.0 Å². The second-order valence-electron chi connectivity index (χ2n) is 6.19. The van der Waals surface area contributed by atoms with E-state index in [0.717, 1.165) is 37.9 Å². The van der Waals surface area contributed by atoms with Crippen LogP contribution >= 0.6 is 0 Å². The summed E-state index contributed by atoms with van der Waals surface area (Å²) in [4.78, 5) is 14.7. The molecule has 2 aliphatic heterocycles. The lowest BCUT2D eigenvalue weighted by atomic mass is 9.97. The quantitative estimate of drug-likeness (QED) is 0.794. The number of hydrogen-bond acceptors (Lipinski definition) is 2. The normalized spacial score (nSPS) is 24.2. The number of aryl methyl sites for hydroxylation is 1. The Morgan fingerprint density at radius 1 is 1.24 bits per heavy atom. The molecule has 2 aliphatic rings. The Hall–Kier alpha value is -1.77. The fourth-order valence-corrected chi connectivity index (χ4v) is 3.69. The van der Waals surface area contributed by atoms with Crippen molar-refractivity contribution in [3.63, 3.8) is 0 Å². The van der Waals surface area contributed by atoms with Crippen molar-refractivity contribution in [1.29, 1.82) is 0 Å². The molecule has 0 aromatic heterocycles. The van der Waals surface area contributed by atoms with Crippen molar-refractivity contribution < 1.29 is 9.53 Å². The summed E-state index contributed by atoms with van der Waals surface area (Å²) in [7, 11) is 1.67. The van der Waals surface area contributed by atoms with Crippen molar-refractivity contribution in [2.75, 3.05) is 7.11 Å². The highest BCUT2D eigenvalue weighted by Crippen LogP contribution is 2.38. The zero-order valence-electron chi connectivity index (χ0n) is 12.7. The average Bonchev–Trinajstić information content (AvgIpc) is 2.77. The molecule has 0 spiro atoms. The molecule has 1 amide bonds.